The summed E-state index contributed by atoms with van der Waals surface area (Å²) in [5.41, 5.74) is 4.60. The summed E-state index contributed by atoms with van der Waals surface area (Å²) < 4.78 is 18.2. The number of carbonyl (C=O) groups is 2. The number of amides is 1. The van der Waals surface area contributed by atoms with E-state index in [0.29, 0.717) is 24.3 Å². The van der Waals surface area contributed by atoms with E-state index in [0.717, 1.165) is 10.0 Å². The maximum atomic E-state index is 13.6. The van der Waals surface area contributed by atoms with Gasteiger partial charge in [-0.05, 0) is 57.5 Å². The Balaban J connectivity index is 2.00. The predicted molar refractivity (Wildman–Crippen MR) is 143 cm³/mol. The van der Waals surface area contributed by atoms with Gasteiger partial charge in [0, 0.05) is 42.1 Å². The number of rotatable bonds is 11. The monoisotopic (exact) mass is 575 g/mol. The number of hydrogen-bond acceptors (Lipinski definition) is 8. The molecule has 200 valence electrons. The maximum absolute atomic E-state index is 13.6. The van der Waals surface area contributed by atoms with E-state index in [1.807, 2.05) is 24.3 Å². The summed E-state index contributed by atoms with van der Waals surface area (Å²) in [6, 6.07) is 14.6. The lowest BCUT2D eigenvalue weighted by atomic mass is 9.83. The standard InChI is InChI=1S/C27H34BrN3O6/c1-26(2,3)37-22(33)14-15-27(25(34)31-29-4)23(20-8-5-6-9-21(20)28)36-24(30-27)18-10-12-19(13-11-18)35-17-7-16-32/h5-6,8-13,23,29,32H,7,14-17H2,1-4H3,(H,31,34)/t23-,27-/m0/s1. The number of nitrogens with zero attached hydrogens (tertiary/aromatic N) is 1. The van der Waals surface area contributed by atoms with Crippen LogP contribution in [-0.2, 0) is 19.1 Å². The minimum absolute atomic E-state index is 0.0346. The number of halogens is 1. The van der Waals surface area contributed by atoms with Crippen LogP contribution in [0.4, 0.5) is 0 Å². The van der Waals surface area contributed by atoms with Crippen LogP contribution in [0.5, 0.6) is 5.75 Å². The second-order valence-electron chi connectivity index (χ2n) is 9.60. The molecule has 0 spiro atoms. The molecule has 9 nitrogen and oxygen atoms in total. The fourth-order valence-electron chi connectivity index (χ4n) is 3.94. The summed E-state index contributed by atoms with van der Waals surface area (Å²) in [4.78, 5) is 31.0. The molecule has 0 aliphatic carbocycles. The molecule has 3 rings (SSSR count). The van der Waals surface area contributed by atoms with Crippen molar-refractivity contribution in [3.8, 4) is 5.75 Å². The van der Waals surface area contributed by atoms with Crippen molar-refractivity contribution >= 4 is 33.7 Å². The van der Waals surface area contributed by atoms with Crippen LogP contribution in [0.3, 0.4) is 0 Å². The van der Waals surface area contributed by atoms with Gasteiger partial charge in [-0.25, -0.2) is 10.4 Å². The highest BCUT2D eigenvalue weighted by Gasteiger charge is 2.54. The number of aliphatic hydroxyl groups excluding tert-OH is 1. The molecule has 2 atom stereocenters. The Morgan fingerprint density at radius 1 is 1.16 bits per heavy atom. The van der Waals surface area contributed by atoms with E-state index in [-0.39, 0.29) is 25.3 Å². The van der Waals surface area contributed by atoms with Gasteiger partial charge in [-0.2, -0.15) is 0 Å². The lowest BCUT2D eigenvalue weighted by Gasteiger charge is -2.31. The van der Waals surface area contributed by atoms with Crippen molar-refractivity contribution < 1.29 is 28.9 Å². The van der Waals surface area contributed by atoms with Crippen LogP contribution in [0, 0.1) is 0 Å². The van der Waals surface area contributed by atoms with E-state index in [9.17, 15) is 9.59 Å². The molecular formula is C27H34BrN3O6. The average molecular weight is 576 g/mol. The van der Waals surface area contributed by atoms with Gasteiger partial charge in [0.25, 0.3) is 5.91 Å². The molecule has 10 heteroatoms. The van der Waals surface area contributed by atoms with Crippen LogP contribution in [0.15, 0.2) is 58.0 Å². The smallest absolute Gasteiger partial charge is 0.306 e. The summed E-state index contributed by atoms with van der Waals surface area (Å²) in [5.74, 6) is 0.0571. The summed E-state index contributed by atoms with van der Waals surface area (Å²) in [5, 5.41) is 8.95. The molecular weight excluding hydrogens is 542 g/mol. The molecule has 1 amide bonds. The van der Waals surface area contributed by atoms with Gasteiger partial charge >= 0.3 is 5.97 Å². The molecule has 2 aromatic carbocycles. The van der Waals surface area contributed by atoms with Gasteiger partial charge in [-0.1, -0.05) is 34.1 Å². The van der Waals surface area contributed by atoms with Crippen molar-refractivity contribution in [3.05, 3.63) is 64.1 Å². The fourth-order valence-corrected chi connectivity index (χ4v) is 4.43. The van der Waals surface area contributed by atoms with Gasteiger partial charge < -0.3 is 19.3 Å². The maximum Gasteiger partial charge on any atom is 0.306 e. The first kappa shape index (κ1) is 28.6. The third-order valence-corrected chi connectivity index (χ3v) is 6.31. The Hall–Kier alpha value is -2.95. The van der Waals surface area contributed by atoms with Crippen LogP contribution >= 0.6 is 15.9 Å². The SMILES string of the molecule is CNNC(=O)[C@@]1(CCC(=O)OC(C)(C)C)N=C(c2ccc(OCCCO)cc2)O[C@H]1c1ccccc1Br. The number of aliphatic hydroxyl groups is 1. The van der Waals surface area contributed by atoms with E-state index < -0.39 is 29.1 Å². The quantitative estimate of drug-likeness (QED) is 0.211. The number of benzene rings is 2. The Bertz CT molecular complexity index is 1120. The van der Waals surface area contributed by atoms with Gasteiger partial charge in [0.1, 0.15) is 11.4 Å². The number of hydrazine groups is 1. The zero-order chi connectivity index (χ0) is 27.1. The van der Waals surface area contributed by atoms with Crippen LogP contribution in [0.25, 0.3) is 0 Å². The Labute approximate surface area is 225 Å². The number of hydrogen-bond donors (Lipinski definition) is 3. The van der Waals surface area contributed by atoms with E-state index in [1.54, 1.807) is 52.1 Å². The lowest BCUT2D eigenvalue weighted by Crippen LogP contribution is -2.52. The van der Waals surface area contributed by atoms with E-state index in [1.165, 1.54) is 0 Å². The van der Waals surface area contributed by atoms with E-state index >= 15 is 0 Å². The van der Waals surface area contributed by atoms with E-state index in [2.05, 4.69) is 26.8 Å². The highest BCUT2D eigenvalue weighted by molar-refractivity contribution is 9.10. The van der Waals surface area contributed by atoms with Gasteiger partial charge in [0.05, 0.1) is 6.61 Å². The summed E-state index contributed by atoms with van der Waals surface area (Å²) in [6.07, 6.45) is -0.249. The second kappa shape index (κ2) is 12.5. The van der Waals surface area contributed by atoms with Gasteiger partial charge in [0.2, 0.25) is 5.90 Å². The zero-order valence-corrected chi connectivity index (χ0v) is 23.1. The second-order valence-corrected chi connectivity index (χ2v) is 10.5. The van der Waals surface area contributed by atoms with Gasteiger partial charge in [-0.15, -0.1) is 0 Å². The van der Waals surface area contributed by atoms with Crippen LogP contribution in [0.2, 0.25) is 0 Å². The van der Waals surface area contributed by atoms with E-state index in [4.69, 9.17) is 24.3 Å². The average Bonchev–Trinajstić information content (AvgIpc) is 3.23. The largest absolute Gasteiger partial charge is 0.494 e. The first-order valence-corrected chi connectivity index (χ1v) is 12.9. The molecule has 0 saturated heterocycles. The van der Waals surface area contributed by atoms with Crippen molar-refractivity contribution in [1.82, 2.24) is 10.9 Å². The third-order valence-electron chi connectivity index (χ3n) is 5.59. The molecule has 0 saturated carbocycles. The fraction of sp³-hybridized carbons (Fsp3) is 0.444. The van der Waals surface area contributed by atoms with Crippen molar-refractivity contribution in [1.29, 1.82) is 0 Å². The van der Waals surface area contributed by atoms with Crippen LogP contribution in [-0.4, -0.2) is 54.3 Å². The minimum atomic E-state index is -1.45. The van der Waals surface area contributed by atoms with Gasteiger partial charge in [0.15, 0.2) is 11.6 Å². The van der Waals surface area contributed by atoms with Crippen molar-refractivity contribution in [2.75, 3.05) is 20.3 Å². The van der Waals surface area contributed by atoms with Crippen LogP contribution < -0.4 is 15.6 Å². The number of carbonyl (C=O) groups excluding carboxylic acids is 2. The minimum Gasteiger partial charge on any atom is -0.494 e. The molecule has 1 heterocycles. The molecule has 1 aliphatic rings. The molecule has 37 heavy (non-hydrogen) atoms. The number of ether oxygens (including phenoxy) is 3. The first-order chi connectivity index (χ1) is 17.6. The Morgan fingerprint density at radius 3 is 2.49 bits per heavy atom. The molecule has 0 fully saturated rings. The molecule has 0 aromatic heterocycles. The number of nitrogens with one attached hydrogen (secondary N) is 2. The van der Waals surface area contributed by atoms with Gasteiger partial charge in [-0.3, -0.25) is 15.0 Å². The highest BCUT2D eigenvalue weighted by atomic mass is 79.9. The van der Waals surface area contributed by atoms with Crippen molar-refractivity contribution in [2.45, 2.75) is 57.3 Å². The topological polar surface area (TPSA) is 118 Å². The molecule has 3 N–H and O–H groups in total. The Morgan fingerprint density at radius 2 is 1.86 bits per heavy atom. The number of aliphatic imine (C=N–C) groups is 1. The normalized spacial score (nSPS) is 19.1. The molecule has 1 aliphatic heterocycles. The van der Waals surface area contributed by atoms with Crippen LogP contribution in [0.1, 0.15) is 57.3 Å². The summed E-state index contributed by atoms with van der Waals surface area (Å²) in [7, 11) is 1.59. The molecule has 2 aromatic rings. The van der Waals surface area contributed by atoms with Crippen molar-refractivity contribution in [2.24, 2.45) is 4.99 Å². The summed E-state index contributed by atoms with van der Waals surface area (Å²) in [6.45, 7) is 5.84. The summed E-state index contributed by atoms with van der Waals surface area (Å²) >= 11 is 3.58. The lowest BCUT2D eigenvalue weighted by molar-refractivity contribution is -0.155. The first-order valence-electron chi connectivity index (χ1n) is 12.1. The van der Waals surface area contributed by atoms with Crippen molar-refractivity contribution in [3.63, 3.8) is 0 Å². The molecule has 0 unspecified atom stereocenters. The predicted octanol–water partition coefficient (Wildman–Crippen LogP) is 3.84. The zero-order valence-electron chi connectivity index (χ0n) is 21.5. The highest BCUT2D eigenvalue weighted by Crippen LogP contribution is 2.45. The molecule has 0 bridgehead atoms. The third kappa shape index (κ3) is 7.30. The Kier molecular flexibility index (Phi) is 9.69. The molecule has 0 radical (unpaired) electrons. The number of esters is 1.